The third-order valence-corrected chi connectivity index (χ3v) is 4.12. The maximum atomic E-state index is 6.12. The fraction of sp³-hybridized carbons (Fsp3) is 0.706. The summed E-state index contributed by atoms with van der Waals surface area (Å²) in [6, 6.07) is 4.09. The Kier molecular flexibility index (Phi) is 4.69. The van der Waals surface area contributed by atoms with Crippen molar-refractivity contribution in [3.8, 4) is 5.88 Å². The van der Waals surface area contributed by atoms with Crippen molar-refractivity contribution in [1.82, 2.24) is 4.98 Å². The molecule has 1 aliphatic rings. The standard InChI is InChI=1S/C17H28N2O/c1-12-5-7-14(8-6-12)20-16-10-13(11-18)9-15(19-16)17(2,3)4/h9-10,12,14H,5-8,11,18H2,1-4H3. The van der Waals surface area contributed by atoms with E-state index in [1.54, 1.807) is 0 Å². The maximum absolute atomic E-state index is 6.12. The van der Waals surface area contributed by atoms with Gasteiger partial charge >= 0.3 is 0 Å². The molecule has 2 N–H and O–H groups in total. The van der Waals surface area contributed by atoms with Gasteiger partial charge in [0.25, 0.3) is 0 Å². The van der Waals surface area contributed by atoms with Gasteiger partial charge in [0.15, 0.2) is 0 Å². The lowest BCUT2D eigenvalue weighted by Crippen LogP contribution is -2.24. The minimum absolute atomic E-state index is 0.0182. The molecule has 3 heteroatoms. The van der Waals surface area contributed by atoms with Crippen LogP contribution in [0, 0.1) is 5.92 Å². The summed E-state index contributed by atoms with van der Waals surface area (Å²) < 4.78 is 6.12. The predicted octanol–water partition coefficient (Wildman–Crippen LogP) is 3.80. The number of nitrogens with two attached hydrogens (primary N) is 1. The average molecular weight is 276 g/mol. The van der Waals surface area contributed by atoms with Gasteiger partial charge < -0.3 is 10.5 Å². The molecule has 1 aromatic rings. The first-order valence-electron chi connectivity index (χ1n) is 7.76. The Morgan fingerprint density at radius 2 is 1.85 bits per heavy atom. The van der Waals surface area contributed by atoms with Crippen LogP contribution in [-0.2, 0) is 12.0 Å². The molecule has 1 aromatic heterocycles. The van der Waals surface area contributed by atoms with Crippen LogP contribution in [0.15, 0.2) is 12.1 Å². The van der Waals surface area contributed by atoms with Crippen molar-refractivity contribution in [1.29, 1.82) is 0 Å². The van der Waals surface area contributed by atoms with Gasteiger partial charge in [-0.1, -0.05) is 27.7 Å². The van der Waals surface area contributed by atoms with Crippen molar-refractivity contribution in [3.63, 3.8) is 0 Å². The summed E-state index contributed by atoms with van der Waals surface area (Å²) >= 11 is 0. The van der Waals surface area contributed by atoms with Gasteiger partial charge in [-0.25, -0.2) is 4.98 Å². The lowest BCUT2D eigenvalue weighted by molar-refractivity contribution is 0.129. The fourth-order valence-electron chi connectivity index (χ4n) is 2.64. The highest BCUT2D eigenvalue weighted by atomic mass is 16.5. The van der Waals surface area contributed by atoms with Gasteiger partial charge in [-0.2, -0.15) is 0 Å². The molecule has 0 unspecified atom stereocenters. The molecule has 0 aromatic carbocycles. The monoisotopic (exact) mass is 276 g/mol. The zero-order chi connectivity index (χ0) is 14.8. The number of pyridine rings is 1. The van der Waals surface area contributed by atoms with Crippen molar-refractivity contribution >= 4 is 0 Å². The molecule has 0 aliphatic heterocycles. The van der Waals surface area contributed by atoms with Gasteiger partial charge in [-0.05, 0) is 43.2 Å². The summed E-state index contributed by atoms with van der Waals surface area (Å²) in [7, 11) is 0. The molecule has 0 radical (unpaired) electrons. The second-order valence-electron chi connectivity index (χ2n) is 7.15. The molecule has 112 valence electrons. The summed E-state index contributed by atoms with van der Waals surface area (Å²) in [5, 5.41) is 0. The van der Waals surface area contributed by atoms with Crippen LogP contribution in [0.2, 0.25) is 0 Å². The van der Waals surface area contributed by atoms with Crippen LogP contribution < -0.4 is 10.5 Å². The van der Waals surface area contributed by atoms with Crippen molar-refractivity contribution < 1.29 is 4.74 Å². The molecule has 20 heavy (non-hydrogen) atoms. The minimum atomic E-state index is 0.0182. The molecule has 1 aliphatic carbocycles. The lowest BCUT2D eigenvalue weighted by Gasteiger charge is -2.27. The number of hydrogen-bond acceptors (Lipinski definition) is 3. The second-order valence-corrected chi connectivity index (χ2v) is 7.15. The fourth-order valence-corrected chi connectivity index (χ4v) is 2.64. The van der Waals surface area contributed by atoms with E-state index in [9.17, 15) is 0 Å². The maximum Gasteiger partial charge on any atom is 0.214 e. The number of aromatic nitrogens is 1. The van der Waals surface area contributed by atoms with Gasteiger partial charge in [0, 0.05) is 18.0 Å². The van der Waals surface area contributed by atoms with Crippen LogP contribution in [0.5, 0.6) is 5.88 Å². The normalized spacial score (nSPS) is 23.6. The first-order valence-corrected chi connectivity index (χ1v) is 7.76. The summed E-state index contributed by atoms with van der Waals surface area (Å²) in [5.74, 6) is 1.58. The SMILES string of the molecule is CC1CCC(Oc2cc(CN)cc(C(C)(C)C)n2)CC1. The highest BCUT2D eigenvalue weighted by Gasteiger charge is 2.22. The number of nitrogens with zero attached hydrogens (tertiary/aromatic N) is 1. The molecule has 0 amide bonds. The van der Waals surface area contributed by atoms with E-state index < -0.39 is 0 Å². The summed E-state index contributed by atoms with van der Waals surface area (Å²) in [6.45, 7) is 9.36. The first-order chi connectivity index (χ1) is 9.38. The molecule has 0 saturated heterocycles. The molecule has 2 rings (SSSR count). The Balaban J connectivity index is 2.14. The molecule has 0 spiro atoms. The van der Waals surface area contributed by atoms with E-state index in [1.807, 2.05) is 6.07 Å². The van der Waals surface area contributed by atoms with E-state index in [-0.39, 0.29) is 5.41 Å². The van der Waals surface area contributed by atoms with E-state index in [0.717, 1.165) is 35.9 Å². The molecule has 0 atom stereocenters. The number of rotatable bonds is 3. The predicted molar refractivity (Wildman–Crippen MR) is 82.9 cm³/mol. The summed E-state index contributed by atoms with van der Waals surface area (Å²) in [5.41, 5.74) is 7.97. The van der Waals surface area contributed by atoms with Crippen LogP contribution in [-0.4, -0.2) is 11.1 Å². The van der Waals surface area contributed by atoms with Crippen molar-refractivity contribution in [2.75, 3.05) is 0 Å². The second kappa shape index (κ2) is 6.13. The molecular weight excluding hydrogens is 248 g/mol. The quantitative estimate of drug-likeness (QED) is 0.913. The van der Waals surface area contributed by atoms with Crippen LogP contribution in [0.1, 0.15) is 64.6 Å². The number of hydrogen-bond donors (Lipinski definition) is 1. The minimum Gasteiger partial charge on any atom is -0.474 e. The van der Waals surface area contributed by atoms with Crippen LogP contribution >= 0.6 is 0 Å². The van der Waals surface area contributed by atoms with Crippen LogP contribution in [0.25, 0.3) is 0 Å². The van der Waals surface area contributed by atoms with Crippen LogP contribution in [0.3, 0.4) is 0 Å². The van der Waals surface area contributed by atoms with Crippen molar-refractivity contribution in [2.24, 2.45) is 11.7 Å². The average Bonchev–Trinajstić information content (AvgIpc) is 2.40. The summed E-state index contributed by atoms with van der Waals surface area (Å²) in [4.78, 5) is 4.69. The largest absolute Gasteiger partial charge is 0.474 e. The molecule has 1 fully saturated rings. The first kappa shape index (κ1) is 15.3. The zero-order valence-electron chi connectivity index (χ0n) is 13.3. The van der Waals surface area contributed by atoms with E-state index in [0.29, 0.717) is 12.6 Å². The van der Waals surface area contributed by atoms with E-state index in [1.165, 1.54) is 12.8 Å². The van der Waals surface area contributed by atoms with Gasteiger partial charge in [0.2, 0.25) is 5.88 Å². The molecule has 1 saturated carbocycles. The Morgan fingerprint density at radius 1 is 1.20 bits per heavy atom. The van der Waals surface area contributed by atoms with E-state index in [2.05, 4.69) is 38.7 Å². The molecular formula is C17H28N2O. The Hall–Kier alpha value is -1.09. The van der Waals surface area contributed by atoms with Gasteiger partial charge in [-0.3, -0.25) is 0 Å². The van der Waals surface area contributed by atoms with Gasteiger partial charge in [0.1, 0.15) is 6.10 Å². The summed E-state index contributed by atoms with van der Waals surface area (Å²) in [6.07, 6.45) is 5.11. The van der Waals surface area contributed by atoms with Gasteiger partial charge in [0.05, 0.1) is 5.69 Å². The zero-order valence-corrected chi connectivity index (χ0v) is 13.3. The van der Waals surface area contributed by atoms with Crippen molar-refractivity contribution in [3.05, 3.63) is 23.4 Å². The third kappa shape index (κ3) is 3.95. The Labute approximate surface area is 122 Å². The third-order valence-electron chi connectivity index (χ3n) is 4.12. The highest BCUT2D eigenvalue weighted by Crippen LogP contribution is 2.29. The van der Waals surface area contributed by atoms with Crippen LogP contribution in [0.4, 0.5) is 0 Å². The molecule has 1 heterocycles. The molecule has 0 bridgehead atoms. The highest BCUT2D eigenvalue weighted by molar-refractivity contribution is 5.28. The van der Waals surface area contributed by atoms with Gasteiger partial charge in [-0.15, -0.1) is 0 Å². The van der Waals surface area contributed by atoms with E-state index in [4.69, 9.17) is 10.5 Å². The smallest absolute Gasteiger partial charge is 0.214 e. The van der Waals surface area contributed by atoms with E-state index >= 15 is 0 Å². The van der Waals surface area contributed by atoms with Crippen molar-refractivity contribution in [2.45, 2.75) is 71.4 Å². The molecule has 3 nitrogen and oxygen atoms in total. The Bertz CT molecular complexity index is 443. The Morgan fingerprint density at radius 3 is 2.40 bits per heavy atom. The lowest BCUT2D eigenvalue weighted by atomic mass is 9.89. The number of ether oxygens (including phenoxy) is 1. The topological polar surface area (TPSA) is 48.1 Å².